The van der Waals surface area contributed by atoms with Gasteiger partial charge in [0.1, 0.15) is 5.01 Å². The minimum Gasteiger partial charge on any atom is -0.374 e. The topological polar surface area (TPSA) is 93.8 Å². The number of carbonyl (C=O) groups excluding carboxylic acids is 1. The Morgan fingerprint density at radius 1 is 1.18 bits per heavy atom. The second kappa shape index (κ2) is 8.36. The first-order chi connectivity index (χ1) is 13.6. The van der Waals surface area contributed by atoms with E-state index >= 15 is 0 Å². The van der Waals surface area contributed by atoms with Gasteiger partial charge in [0.15, 0.2) is 5.13 Å². The summed E-state index contributed by atoms with van der Waals surface area (Å²) >= 11 is 3.08. The van der Waals surface area contributed by atoms with Crippen LogP contribution in [0.15, 0.2) is 30.5 Å². The summed E-state index contributed by atoms with van der Waals surface area (Å²) in [6, 6.07) is 8.03. The molecule has 1 aliphatic rings. The smallest absolute Gasteiger partial charge is 0.230 e. The molecule has 146 valence electrons. The Morgan fingerprint density at radius 2 is 1.96 bits per heavy atom. The van der Waals surface area contributed by atoms with Crippen molar-refractivity contribution in [3.8, 4) is 0 Å². The van der Waals surface area contributed by atoms with E-state index in [9.17, 15) is 4.79 Å². The third kappa shape index (κ3) is 4.56. The van der Waals surface area contributed by atoms with Crippen LogP contribution in [0.3, 0.4) is 0 Å². The van der Waals surface area contributed by atoms with Gasteiger partial charge in [0.2, 0.25) is 11.0 Å². The Morgan fingerprint density at radius 3 is 2.71 bits per heavy atom. The molecule has 6 nitrogen and oxygen atoms in total. The molecule has 0 spiro atoms. The van der Waals surface area contributed by atoms with E-state index in [1.807, 2.05) is 37.4 Å². The number of nitrogen functional groups attached to an aromatic ring is 1. The summed E-state index contributed by atoms with van der Waals surface area (Å²) in [5.74, 6) is 0.829. The number of hydrogen-bond acceptors (Lipinski definition) is 7. The fourth-order valence-corrected chi connectivity index (χ4v) is 5.41. The predicted molar refractivity (Wildman–Crippen MR) is 114 cm³/mol. The van der Waals surface area contributed by atoms with Crippen LogP contribution in [0.2, 0.25) is 0 Å². The predicted octanol–water partition coefficient (Wildman–Crippen LogP) is 4.51. The van der Waals surface area contributed by atoms with Crippen LogP contribution in [-0.2, 0) is 11.2 Å². The molecule has 1 aliphatic carbocycles. The lowest BCUT2D eigenvalue weighted by atomic mass is 9.81. The molecular formula is C20H23N5OS2. The molecule has 0 saturated heterocycles. The summed E-state index contributed by atoms with van der Waals surface area (Å²) in [6.07, 6.45) is 6.73. The lowest BCUT2D eigenvalue weighted by molar-refractivity contribution is -0.115. The normalized spacial score (nSPS) is 19.5. The first kappa shape index (κ1) is 19.0. The van der Waals surface area contributed by atoms with Crippen molar-refractivity contribution in [2.45, 2.75) is 50.9 Å². The van der Waals surface area contributed by atoms with Crippen LogP contribution in [0.25, 0.3) is 0 Å². The number of thiazole rings is 1. The zero-order valence-electron chi connectivity index (χ0n) is 15.7. The molecule has 3 aromatic rings. The maximum absolute atomic E-state index is 12.3. The molecule has 0 aliphatic heterocycles. The molecule has 4 rings (SSSR count). The molecule has 1 fully saturated rings. The SMILES string of the molecule is Cc1ccc(CC(=O)Nc2ncc([C@@H]3CCC[C@@H](c4nnc(N)s4)C3)s2)cc1. The molecular weight excluding hydrogens is 390 g/mol. The van der Waals surface area contributed by atoms with Crippen LogP contribution in [0, 0.1) is 6.92 Å². The van der Waals surface area contributed by atoms with E-state index in [1.54, 1.807) is 11.3 Å². The van der Waals surface area contributed by atoms with E-state index < -0.39 is 0 Å². The zero-order chi connectivity index (χ0) is 19.5. The van der Waals surface area contributed by atoms with E-state index in [4.69, 9.17) is 5.73 Å². The van der Waals surface area contributed by atoms with Gasteiger partial charge < -0.3 is 11.1 Å². The highest BCUT2D eigenvalue weighted by Crippen LogP contribution is 2.44. The summed E-state index contributed by atoms with van der Waals surface area (Å²) < 4.78 is 0. The van der Waals surface area contributed by atoms with Crippen molar-refractivity contribution in [3.63, 3.8) is 0 Å². The third-order valence-corrected chi connectivity index (χ3v) is 7.13. The average Bonchev–Trinajstić information content (AvgIpc) is 3.33. The lowest BCUT2D eigenvalue weighted by Crippen LogP contribution is -2.14. The summed E-state index contributed by atoms with van der Waals surface area (Å²) in [5, 5.41) is 13.4. The Balaban J connectivity index is 1.36. The number of carbonyl (C=O) groups is 1. The quantitative estimate of drug-likeness (QED) is 0.642. The fourth-order valence-electron chi connectivity index (χ4n) is 3.67. The number of anilines is 2. The van der Waals surface area contributed by atoms with Crippen molar-refractivity contribution in [1.82, 2.24) is 15.2 Å². The van der Waals surface area contributed by atoms with Gasteiger partial charge in [0.25, 0.3) is 0 Å². The van der Waals surface area contributed by atoms with Crippen molar-refractivity contribution < 1.29 is 4.79 Å². The van der Waals surface area contributed by atoms with Gasteiger partial charge >= 0.3 is 0 Å². The average molecular weight is 414 g/mol. The Bertz CT molecular complexity index is 950. The van der Waals surface area contributed by atoms with Gasteiger partial charge in [0, 0.05) is 17.0 Å². The Kier molecular flexibility index (Phi) is 5.68. The molecule has 0 radical (unpaired) electrons. The monoisotopic (exact) mass is 413 g/mol. The molecule has 2 heterocycles. The van der Waals surface area contributed by atoms with Crippen LogP contribution in [0.5, 0.6) is 0 Å². The minimum atomic E-state index is -0.0318. The van der Waals surface area contributed by atoms with Gasteiger partial charge in [-0.25, -0.2) is 4.98 Å². The fraction of sp³-hybridized carbons (Fsp3) is 0.400. The summed E-state index contributed by atoms with van der Waals surface area (Å²) in [4.78, 5) is 18.0. The highest BCUT2D eigenvalue weighted by Gasteiger charge is 2.28. The number of benzene rings is 1. The number of hydrogen-bond donors (Lipinski definition) is 2. The first-order valence-corrected chi connectivity index (χ1v) is 11.1. The Hall–Kier alpha value is -2.32. The molecule has 1 amide bonds. The number of nitrogens with two attached hydrogens (primary N) is 1. The molecule has 0 unspecified atom stereocenters. The molecule has 3 N–H and O–H groups in total. The van der Waals surface area contributed by atoms with Gasteiger partial charge in [-0.1, -0.05) is 47.6 Å². The maximum atomic E-state index is 12.3. The number of amides is 1. The van der Waals surface area contributed by atoms with Crippen molar-refractivity contribution >= 4 is 38.8 Å². The second-order valence-corrected chi connectivity index (χ2v) is 9.42. The number of aromatic nitrogens is 3. The number of aryl methyl sites for hydroxylation is 1. The van der Waals surface area contributed by atoms with E-state index in [0.29, 0.717) is 28.5 Å². The van der Waals surface area contributed by atoms with Crippen LogP contribution in [0.4, 0.5) is 10.3 Å². The summed E-state index contributed by atoms with van der Waals surface area (Å²) in [6.45, 7) is 2.04. The van der Waals surface area contributed by atoms with Gasteiger partial charge in [-0.15, -0.1) is 21.5 Å². The van der Waals surface area contributed by atoms with E-state index in [-0.39, 0.29) is 5.91 Å². The first-order valence-electron chi connectivity index (χ1n) is 9.47. The molecule has 1 aromatic carbocycles. The highest BCUT2D eigenvalue weighted by molar-refractivity contribution is 7.16. The van der Waals surface area contributed by atoms with Gasteiger partial charge in [0.05, 0.1) is 6.42 Å². The van der Waals surface area contributed by atoms with Crippen molar-refractivity contribution in [2.24, 2.45) is 0 Å². The highest BCUT2D eigenvalue weighted by atomic mass is 32.1. The molecule has 0 bridgehead atoms. The van der Waals surface area contributed by atoms with Crippen LogP contribution in [0.1, 0.15) is 58.5 Å². The number of nitrogens with one attached hydrogen (secondary N) is 1. The molecule has 8 heteroatoms. The zero-order valence-corrected chi connectivity index (χ0v) is 17.4. The Labute approximate surface area is 172 Å². The van der Waals surface area contributed by atoms with Crippen LogP contribution < -0.4 is 11.1 Å². The molecule has 2 atom stereocenters. The van der Waals surface area contributed by atoms with E-state index in [2.05, 4.69) is 20.5 Å². The summed E-state index contributed by atoms with van der Waals surface area (Å²) in [5.41, 5.74) is 7.94. The molecule has 28 heavy (non-hydrogen) atoms. The lowest BCUT2D eigenvalue weighted by Gasteiger charge is -2.26. The molecule has 2 aromatic heterocycles. The maximum Gasteiger partial charge on any atom is 0.230 e. The van der Waals surface area contributed by atoms with Crippen molar-refractivity contribution in [2.75, 3.05) is 11.1 Å². The number of nitrogens with zero attached hydrogens (tertiary/aromatic N) is 3. The van der Waals surface area contributed by atoms with Crippen molar-refractivity contribution in [3.05, 3.63) is 51.5 Å². The third-order valence-electron chi connectivity index (χ3n) is 5.14. The number of rotatable bonds is 5. The molecule has 1 saturated carbocycles. The van der Waals surface area contributed by atoms with Crippen molar-refractivity contribution in [1.29, 1.82) is 0 Å². The standard InChI is InChI=1S/C20H23N5OS2/c1-12-5-7-13(8-6-12)9-17(26)23-20-22-11-16(27-20)14-3-2-4-15(10-14)18-24-25-19(21)28-18/h5-8,11,14-15H,2-4,9-10H2,1H3,(H2,21,25)(H,22,23,26)/t14-,15-/m1/s1. The van der Waals surface area contributed by atoms with E-state index in [1.165, 1.54) is 21.8 Å². The van der Waals surface area contributed by atoms with Crippen LogP contribution >= 0.6 is 22.7 Å². The largest absolute Gasteiger partial charge is 0.374 e. The van der Waals surface area contributed by atoms with Gasteiger partial charge in [-0.3, -0.25) is 4.79 Å². The minimum absolute atomic E-state index is 0.0318. The van der Waals surface area contributed by atoms with E-state index in [0.717, 1.165) is 36.3 Å². The second-order valence-electron chi connectivity index (χ2n) is 7.32. The van der Waals surface area contributed by atoms with Gasteiger partial charge in [-0.05, 0) is 37.7 Å². The van der Waals surface area contributed by atoms with Crippen LogP contribution in [-0.4, -0.2) is 21.1 Å². The summed E-state index contributed by atoms with van der Waals surface area (Å²) in [7, 11) is 0. The van der Waals surface area contributed by atoms with Gasteiger partial charge in [-0.2, -0.15) is 0 Å².